The van der Waals surface area contributed by atoms with Gasteiger partial charge >= 0.3 is 0 Å². The van der Waals surface area contributed by atoms with Crippen molar-refractivity contribution in [3.8, 4) is 5.75 Å². The van der Waals surface area contributed by atoms with Crippen molar-refractivity contribution in [2.24, 2.45) is 5.41 Å². The molecule has 1 aliphatic heterocycles. The lowest BCUT2D eigenvalue weighted by Crippen LogP contribution is -2.31. The molecule has 0 radical (unpaired) electrons. The summed E-state index contributed by atoms with van der Waals surface area (Å²) in [6.07, 6.45) is 4.88. The number of Topliss-reactive ketones (excluding diaryl/α,β-unsaturated/α-hetero) is 1. The number of hydrogen-bond acceptors (Lipinski definition) is 4. The minimum Gasteiger partial charge on any atom is -0.494 e. The molecular formula is C26H32N2O2. The summed E-state index contributed by atoms with van der Waals surface area (Å²) >= 11 is 0. The summed E-state index contributed by atoms with van der Waals surface area (Å²) in [5.74, 6) is 1.10. The molecule has 0 spiro atoms. The van der Waals surface area contributed by atoms with Crippen LogP contribution >= 0.6 is 0 Å². The number of carbonyl (C=O) groups is 1. The molecule has 1 heterocycles. The van der Waals surface area contributed by atoms with Crippen molar-refractivity contribution >= 4 is 17.2 Å². The Balaban J connectivity index is 1.66. The molecule has 1 aliphatic carbocycles. The highest BCUT2D eigenvalue weighted by atomic mass is 16.5. The monoisotopic (exact) mass is 404 g/mol. The van der Waals surface area contributed by atoms with Crippen LogP contribution in [0.2, 0.25) is 0 Å². The molecule has 2 aliphatic rings. The van der Waals surface area contributed by atoms with Crippen molar-refractivity contribution in [2.45, 2.75) is 58.9 Å². The predicted octanol–water partition coefficient (Wildman–Crippen LogP) is 6.48. The van der Waals surface area contributed by atoms with E-state index in [-0.39, 0.29) is 17.2 Å². The van der Waals surface area contributed by atoms with E-state index in [2.05, 4.69) is 55.7 Å². The van der Waals surface area contributed by atoms with Crippen LogP contribution in [0.5, 0.6) is 5.75 Å². The first kappa shape index (κ1) is 20.5. The maximum Gasteiger partial charge on any atom is 0.163 e. The quantitative estimate of drug-likeness (QED) is 0.541. The molecule has 0 saturated carbocycles. The molecule has 2 aromatic carbocycles. The molecule has 158 valence electrons. The fourth-order valence-electron chi connectivity index (χ4n) is 4.44. The summed E-state index contributed by atoms with van der Waals surface area (Å²) in [4.78, 5) is 13.2. The minimum atomic E-state index is -0.172. The van der Waals surface area contributed by atoms with Crippen LogP contribution in [0.4, 0.5) is 11.4 Å². The second-order valence-electron chi connectivity index (χ2n) is 9.21. The Morgan fingerprint density at radius 2 is 1.73 bits per heavy atom. The molecule has 2 N–H and O–H groups in total. The van der Waals surface area contributed by atoms with Crippen LogP contribution in [0.15, 0.2) is 59.8 Å². The Hall–Kier alpha value is -2.75. The van der Waals surface area contributed by atoms with E-state index in [0.717, 1.165) is 53.4 Å². The number of ether oxygens (including phenoxy) is 1. The Labute approximate surface area is 179 Å². The third-order valence-electron chi connectivity index (χ3n) is 5.95. The van der Waals surface area contributed by atoms with Gasteiger partial charge in [-0.3, -0.25) is 4.79 Å². The number of anilines is 2. The van der Waals surface area contributed by atoms with E-state index in [4.69, 9.17) is 4.74 Å². The van der Waals surface area contributed by atoms with Crippen molar-refractivity contribution < 1.29 is 9.53 Å². The molecule has 0 amide bonds. The van der Waals surface area contributed by atoms with E-state index in [0.29, 0.717) is 6.42 Å². The first-order valence-electron chi connectivity index (χ1n) is 11.1. The van der Waals surface area contributed by atoms with E-state index in [1.54, 1.807) is 0 Å². The van der Waals surface area contributed by atoms with E-state index in [9.17, 15) is 4.79 Å². The van der Waals surface area contributed by atoms with Crippen LogP contribution in [0.1, 0.15) is 64.5 Å². The first-order chi connectivity index (χ1) is 14.5. The van der Waals surface area contributed by atoms with Crippen LogP contribution in [0.25, 0.3) is 0 Å². The van der Waals surface area contributed by atoms with Gasteiger partial charge in [0.2, 0.25) is 0 Å². The molecule has 0 fully saturated rings. The number of allylic oxidation sites excluding steroid dienone is 1. The van der Waals surface area contributed by atoms with Gasteiger partial charge in [-0.2, -0.15) is 0 Å². The summed E-state index contributed by atoms with van der Waals surface area (Å²) in [6.45, 7) is 7.27. The topological polar surface area (TPSA) is 50.4 Å². The second-order valence-corrected chi connectivity index (χ2v) is 9.21. The van der Waals surface area contributed by atoms with Gasteiger partial charge in [0.25, 0.3) is 0 Å². The van der Waals surface area contributed by atoms with Gasteiger partial charge in [0.05, 0.1) is 24.0 Å². The number of para-hydroxylation sites is 2. The highest BCUT2D eigenvalue weighted by Crippen LogP contribution is 2.45. The Bertz CT molecular complexity index is 944. The number of carbonyl (C=O) groups excluding carboxylic acids is 1. The molecule has 2 aromatic rings. The highest BCUT2D eigenvalue weighted by Gasteiger charge is 2.38. The van der Waals surface area contributed by atoms with Crippen molar-refractivity contribution in [2.75, 3.05) is 17.2 Å². The van der Waals surface area contributed by atoms with Crippen LogP contribution in [0.3, 0.4) is 0 Å². The number of rotatable bonds is 6. The van der Waals surface area contributed by atoms with E-state index in [1.165, 1.54) is 12.8 Å². The highest BCUT2D eigenvalue weighted by molar-refractivity contribution is 6.01. The van der Waals surface area contributed by atoms with Crippen molar-refractivity contribution in [3.63, 3.8) is 0 Å². The fraction of sp³-hybridized carbons (Fsp3) is 0.423. The summed E-state index contributed by atoms with van der Waals surface area (Å²) in [5, 5.41) is 7.20. The summed E-state index contributed by atoms with van der Waals surface area (Å²) in [6, 6.07) is 16.2. The van der Waals surface area contributed by atoms with Gasteiger partial charge in [-0.15, -0.1) is 0 Å². The molecule has 0 bridgehead atoms. The molecule has 4 nitrogen and oxygen atoms in total. The molecule has 0 saturated heterocycles. The number of ketones is 1. The molecule has 1 atom stereocenters. The number of hydrogen-bond donors (Lipinski definition) is 2. The normalized spacial score (nSPS) is 19.8. The predicted molar refractivity (Wildman–Crippen MR) is 123 cm³/mol. The van der Waals surface area contributed by atoms with Gasteiger partial charge in [-0.05, 0) is 48.1 Å². The lowest BCUT2D eigenvalue weighted by molar-refractivity contribution is -0.118. The smallest absolute Gasteiger partial charge is 0.163 e. The largest absolute Gasteiger partial charge is 0.494 e. The maximum atomic E-state index is 13.2. The van der Waals surface area contributed by atoms with Crippen LogP contribution < -0.4 is 15.4 Å². The van der Waals surface area contributed by atoms with Crippen molar-refractivity contribution in [3.05, 3.63) is 65.4 Å². The number of fused-ring (bicyclic) bond motifs is 1. The Morgan fingerprint density at radius 3 is 2.47 bits per heavy atom. The standard InChI is InChI=1S/C26H32N2O2/c1-4-5-8-15-30-19-13-11-18(12-14-19)25-24-22(16-26(2,3)17-23(24)29)27-20-9-6-7-10-21(20)28-25/h6-7,9-14,25,27-28H,4-5,8,15-17H2,1-3H3/t25-/m0/s1. The number of benzene rings is 2. The summed E-state index contributed by atoms with van der Waals surface area (Å²) in [5.41, 5.74) is 4.98. The molecule has 4 heteroatoms. The first-order valence-corrected chi connectivity index (χ1v) is 11.1. The zero-order valence-corrected chi connectivity index (χ0v) is 18.3. The van der Waals surface area contributed by atoms with Gasteiger partial charge < -0.3 is 15.4 Å². The maximum absolute atomic E-state index is 13.2. The molecule has 0 aromatic heterocycles. The van der Waals surface area contributed by atoms with Crippen molar-refractivity contribution in [1.82, 2.24) is 0 Å². The van der Waals surface area contributed by atoms with Gasteiger partial charge in [0.15, 0.2) is 5.78 Å². The average molecular weight is 405 g/mol. The molecule has 4 rings (SSSR count). The molecule has 0 unspecified atom stereocenters. The van der Waals surface area contributed by atoms with Crippen LogP contribution in [-0.2, 0) is 4.79 Å². The molecular weight excluding hydrogens is 372 g/mol. The van der Waals surface area contributed by atoms with Gasteiger partial charge in [-0.1, -0.05) is 57.9 Å². The fourth-order valence-corrected chi connectivity index (χ4v) is 4.44. The third-order valence-corrected chi connectivity index (χ3v) is 5.95. The average Bonchev–Trinajstić information content (AvgIpc) is 2.87. The Morgan fingerprint density at radius 1 is 1.00 bits per heavy atom. The number of nitrogens with one attached hydrogen (secondary N) is 2. The van der Waals surface area contributed by atoms with Crippen LogP contribution in [0, 0.1) is 5.41 Å². The zero-order valence-electron chi connectivity index (χ0n) is 18.3. The third kappa shape index (κ3) is 4.38. The number of unbranched alkanes of at least 4 members (excludes halogenated alkanes) is 2. The lowest BCUT2D eigenvalue weighted by atomic mass is 9.73. The second kappa shape index (κ2) is 8.55. The minimum absolute atomic E-state index is 0.0388. The van der Waals surface area contributed by atoms with Gasteiger partial charge in [-0.25, -0.2) is 0 Å². The van der Waals surface area contributed by atoms with E-state index < -0.39 is 0 Å². The Kier molecular flexibility index (Phi) is 5.85. The zero-order chi connectivity index (χ0) is 21.1. The van der Waals surface area contributed by atoms with Gasteiger partial charge in [0.1, 0.15) is 5.75 Å². The van der Waals surface area contributed by atoms with Crippen molar-refractivity contribution in [1.29, 1.82) is 0 Å². The van der Waals surface area contributed by atoms with E-state index in [1.807, 2.05) is 24.3 Å². The summed E-state index contributed by atoms with van der Waals surface area (Å²) in [7, 11) is 0. The van der Waals surface area contributed by atoms with Crippen LogP contribution in [-0.4, -0.2) is 12.4 Å². The summed E-state index contributed by atoms with van der Waals surface area (Å²) < 4.78 is 5.87. The lowest BCUT2D eigenvalue weighted by Gasteiger charge is -2.34. The van der Waals surface area contributed by atoms with E-state index >= 15 is 0 Å². The SMILES string of the molecule is CCCCCOc1ccc([C@@H]2Nc3ccccc3NC3=C2C(=O)CC(C)(C)C3)cc1. The molecule has 30 heavy (non-hydrogen) atoms. The van der Waals surface area contributed by atoms with Gasteiger partial charge in [0, 0.05) is 17.7 Å².